The van der Waals surface area contributed by atoms with E-state index in [9.17, 15) is 0 Å². The molecule has 8 nitrogen and oxygen atoms in total. The zero-order chi connectivity index (χ0) is 20.5. The van der Waals surface area contributed by atoms with Gasteiger partial charge in [0, 0.05) is 43.1 Å². The van der Waals surface area contributed by atoms with Crippen LogP contribution in [-0.2, 0) is 7.05 Å². The summed E-state index contributed by atoms with van der Waals surface area (Å²) in [5.74, 6) is 2.75. The van der Waals surface area contributed by atoms with Crippen LogP contribution in [0.3, 0.4) is 0 Å². The number of anilines is 3. The van der Waals surface area contributed by atoms with Crippen molar-refractivity contribution in [1.29, 1.82) is 0 Å². The molecule has 0 aliphatic heterocycles. The minimum absolute atomic E-state index is 0.498. The van der Waals surface area contributed by atoms with Crippen LogP contribution < -0.4 is 15.4 Å². The van der Waals surface area contributed by atoms with Crippen molar-refractivity contribution >= 4 is 28.4 Å². The van der Waals surface area contributed by atoms with Crippen LogP contribution in [0.2, 0.25) is 0 Å². The van der Waals surface area contributed by atoms with Crippen LogP contribution in [0.15, 0.2) is 49.1 Å². The Balaban J connectivity index is 1.43. The minimum atomic E-state index is 0.498. The fourth-order valence-corrected chi connectivity index (χ4v) is 3.37. The number of hydrogen-bond acceptors (Lipinski definition) is 7. The van der Waals surface area contributed by atoms with Crippen LogP contribution in [0.4, 0.5) is 17.5 Å². The smallest absolute Gasteiger partial charge is 0.227 e. The lowest BCUT2D eigenvalue weighted by Gasteiger charge is -2.13. The predicted octanol–water partition coefficient (Wildman–Crippen LogP) is 4.00. The van der Waals surface area contributed by atoms with Gasteiger partial charge in [-0.05, 0) is 42.5 Å². The van der Waals surface area contributed by atoms with Crippen LogP contribution in [0.1, 0.15) is 12.8 Å². The van der Waals surface area contributed by atoms with Crippen LogP contribution >= 0.6 is 0 Å². The van der Waals surface area contributed by atoms with E-state index in [1.165, 1.54) is 12.8 Å². The Labute approximate surface area is 174 Å². The summed E-state index contributed by atoms with van der Waals surface area (Å²) in [5.41, 5.74) is 3.66. The zero-order valence-corrected chi connectivity index (χ0v) is 17.0. The van der Waals surface area contributed by atoms with Crippen LogP contribution in [0.5, 0.6) is 5.75 Å². The Kier molecular flexibility index (Phi) is 4.66. The maximum absolute atomic E-state index is 5.60. The standard InChI is InChI=1S/C22H23N7O/c1-29-13-17(12-26-29)15-5-6-18(19(9-15)30-2)27-22-25-11-16-7-8-23-21(20(16)28-22)24-10-14-3-4-14/h5-9,11-14H,3-4,10H2,1-2H3,(H,23,24)(H,25,27,28). The highest BCUT2D eigenvalue weighted by atomic mass is 16.5. The number of aromatic nitrogens is 5. The van der Waals surface area contributed by atoms with Gasteiger partial charge < -0.3 is 15.4 Å². The Morgan fingerprint density at radius 2 is 2.03 bits per heavy atom. The fraction of sp³-hybridized carbons (Fsp3) is 0.273. The molecule has 0 spiro atoms. The van der Waals surface area contributed by atoms with Crippen LogP contribution in [0.25, 0.3) is 22.0 Å². The van der Waals surface area contributed by atoms with E-state index in [-0.39, 0.29) is 0 Å². The van der Waals surface area contributed by atoms with E-state index >= 15 is 0 Å². The second kappa shape index (κ2) is 7.62. The first-order valence-electron chi connectivity index (χ1n) is 9.99. The van der Waals surface area contributed by atoms with Crippen molar-refractivity contribution in [1.82, 2.24) is 24.7 Å². The maximum atomic E-state index is 5.60. The molecule has 1 aliphatic carbocycles. The lowest BCUT2D eigenvalue weighted by atomic mass is 10.1. The molecule has 0 radical (unpaired) electrons. The Bertz CT molecular complexity index is 1200. The first kappa shape index (κ1) is 18.4. The SMILES string of the molecule is COc1cc(-c2cnn(C)c2)ccc1Nc1ncc2ccnc(NCC3CC3)c2n1. The normalized spacial score (nSPS) is 13.4. The van der Waals surface area contributed by atoms with E-state index < -0.39 is 0 Å². The van der Waals surface area contributed by atoms with Crippen molar-refractivity contribution in [2.45, 2.75) is 12.8 Å². The van der Waals surface area contributed by atoms with Gasteiger partial charge in [-0.3, -0.25) is 4.68 Å². The van der Waals surface area contributed by atoms with Gasteiger partial charge in [-0.2, -0.15) is 5.10 Å². The largest absolute Gasteiger partial charge is 0.495 e. The van der Waals surface area contributed by atoms with E-state index in [1.807, 2.05) is 49.9 Å². The number of benzene rings is 1. The van der Waals surface area contributed by atoms with Gasteiger partial charge in [0.05, 0.1) is 19.0 Å². The minimum Gasteiger partial charge on any atom is -0.495 e. The van der Waals surface area contributed by atoms with Crippen molar-refractivity contribution in [3.05, 3.63) is 49.1 Å². The lowest BCUT2D eigenvalue weighted by molar-refractivity contribution is 0.417. The van der Waals surface area contributed by atoms with Gasteiger partial charge in [-0.25, -0.2) is 15.0 Å². The molecule has 3 heterocycles. The van der Waals surface area contributed by atoms with Gasteiger partial charge in [0.25, 0.3) is 0 Å². The first-order valence-corrected chi connectivity index (χ1v) is 9.99. The number of fused-ring (bicyclic) bond motifs is 1. The van der Waals surface area contributed by atoms with E-state index in [0.29, 0.717) is 11.7 Å². The van der Waals surface area contributed by atoms with Gasteiger partial charge in [-0.1, -0.05) is 6.07 Å². The average Bonchev–Trinajstić information content (AvgIpc) is 3.50. The fourth-order valence-electron chi connectivity index (χ4n) is 3.37. The van der Waals surface area contributed by atoms with Crippen molar-refractivity contribution in [2.24, 2.45) is 13.0 Å². The van der Waals surface area contributed by atoms with Crippen molar-refractivity contribution in [3.8, 4) is 16.9 Å². The number of nitrogens with zero attached hydrogens (tertiary/aromatic N) is 5. The molecule has 30 heavy (non-hydrogen) atoms. The highest BCUT2D eigenvalue weighted by Crippen LogP contribution is 2.33. The molecule has 1 fully saturated rings. The molecule has 3 aromatic heterocycles. The molecule has 1 aromatic carbocycles. The highest BCUT2D eigenvalue weighted by molar-refractivity contribution is 5.88. The summed E-state index contributed by atoms with van der Waals surface area (Å²) in [4.78, 5) is 13.6. The number of nitrogens with one attached hydrogen (secondary N) is 2. The molecule has 4 aromatic rings. The van der Waals surface area contributed by atoms with Crippen molar-refractivity contribution in [2.75, 3.05) is 24.3 Å². The molecular formula is C22H23N7O. The second-order valence-corrected chi connectivity index (χ2v) is 7.56. The Hall–Kier alpha value is -3.68. The number of ether oxygens (including phenoxy) is 1. The van der Waals surface area contributed by atoms with Gasteiger partial charge in [0.2, 0.25) is 5.95 Å². The third-order valence-electron chi connectivity index (χ3n) is 5.24. The highest BCUT2D eigenvalue weighted by Gasteiger charge is 2.21. The quantitative estimate of drug-likeness (QED) is 0.484. The molecule has 152 valence electrons. The molecule has 0 unspecified atom stereocenters. The summed E-state index contributed by atoms with van der Waals surface area (Å²) in [6, 6.07) is 7.88. The van der Waals surface area contributed by atoms with E-state index in [0.717, 1.165) is 46.0 Å². The number of aryl methyl sites for hydroxylation is 1. The maximum Gasteiger partial charge on any atom is 0.227 e. The van der Waals surface area contributed by atoms with E-state index in [1.54, 1.807) is 18.0 Å². The number of rotatable bonds is 7. The molecule has 1 aliphatic rings. The van der Waals surface area contributed by atoms with Gasteiger partial charge >= 0.3 is 0 Å². The number of pyridine rings is 1. The Morgan fingerprint density at radius 3 is 2.80 bits per heavy atom. The third-order valence-corrected chi connectivity index (χ3v) is 5.24. The van der Waals surface area contributed by atoms with Gasteiger partial charge in [0.1, 0.15) is 11.3 Å². The molecule has 0 amide bonds. The molecule has 1 saturated carbocycles. The Morgan fingerprint density at radius 1 is 1.13 bits per heavy atom. The average molecular weight is 401 g/mol. The van der Waals surface area contributed by atoms with Crippen LogP contribution in [0, 0.1) is 5.92 Å². The summed E-state index contributed by atoms with van der Waals surface area (Å²) in [7, 11) is 3.55. The van der Waals surface area contributed by atoms with Crippen molar-refractivity contribution in [3.63, 3.8) is 0 Å². The van der Waals surface area contributed by atoms with Crippen LogP contribution in [-0.4, -0.2) is 38.4 Å². The summed E-state index contributed by atoms with van der Waals surface area (Å²) in [6.45, 7) is 0.933. The topological polar surface area (TPSA) is 89.8 Å². The zero-order valence-electron chi connectivity index (χ0n) is 17.0. The monoisotopic (exact) mass is 401 g/mol. The number of hydrogen-bond donors (Lipinski definition) is 2. The van der Waals surface area contributed by atoms with Gasteiger partial charge in [-0.15, -0.1) is 0 Å². The molecule has 0 atom stereocenters. The van der Waals surface area contributed by atoms with Crippen molar-refractivity contribution < 1.29 is 4.74 Å². The second-order valence-electron chi connectivity index (χ2n) is 7.56. The summed E-state index contributed by atoms with van der Waals surface area (Å²) < 4.78 is 7.38. The number of methoxy groups -OCH3 is 1. The van der Waals surface area contributed by atoms with E-state index in [2.05, 4.69) is 25.7 Å². The van der Waals surface area contributed by atoms with E-state index in [4.69, 9.17) is 9.72 Å². The lowest BCUT2D eigenvalue weighted by Crippen LogP contribution is -2.07. The molecule has 5 rings (SSSR count). The summed E-state index contributed by atoms with van der Waals surface area (Å²) in [6.07, 6.45) is 9.97. The van der Waals surface area contributed by atoms with Gasteiger partial charge in [0.15, 0.2) is 5.82 Å². The molecule has 8 heteroatoms. The molecule has 2 N–H and O–H groups in total. The predicted molar refractivity (Wildman–Crippen MR) is 117 cm³/mol. The molecule has 0 saturated heterocycles. The summed E-state index contributed by atoms with van der Waals surface area (Å²) in [5, 5.41) is 11.9. The molecule has 0 bridgehead atoms. The summed E-state index contributed by atoms with van der Waals surface area (Å²) >= 11 is 0. The third kappa shape index (κ3) is 3.76. The molecular weight excluding hydrogens is 378 g/mol. The first-order chi connectivity index (χ1) is 14.7.